The second kappa shape index (κ2) is 10.3. The fourth-order valence-electron chi connectivity index (χ4n) is 2.29. The molecule has 0 aliphatic carbocycles. The van der Waals surface area contributed by atoms with E-state index in [9.17, 15) is 4.79 Å². The van der Waals surface area contributed by atoms with Crippen molar-refractivity contribution in [2.24, 2.45) is 0 Å². The first-order valence-electron chi connectivity index (χ1n) is 8.62. The first kappa shape index (κ1) is 21.2. The number of hydrogen-bond donors (Lipinski definition) is 1. The first-order valence-corrected chi connectivity index (χ1v) is 9.77. The summed E-state index contributed by atoms with van der Waals surface area (Å²) in [7, 11) is 0. The number of carboxylic acid groups (broad SMARTS) is 1. The molecule has 0 aliphatic rings. The number of aliphatic carboxylic acids is 1. The van der Waals surface area contributed by atoms with Crippen LogP contribution in [0.15, 0.2) is 41.3 Å². The molecule has 0 spiro atoms. The second-order valence-corrected chi connectivity index (χ2v) is 7.36. The van der Waals surface area contributed by atoms with Crippen LogP contribution in [-0.2, 0) is 4.79 Å². The third-order valence-corrected chi connectivity index (χ3v) is 5.25. The van der Waals surface area contributed by atoms with Crippen molar-refractivity contribution in [3.05, 3.63) is 58.1 Å². The highest BCUT2D eigenvalue weighted by atomic mass is 35.5. The van der Waals surface area contributed by atoms with E-state index in [1.54, 1.807) is 30.1 Å². The average Bonchev–Trinajstić information content (AvgIpc) is 2.65. The molecule has 0 fully saturated rings. The molecule has 142 valence electrons. The molecule has 0 heterocycles. The molecular formula is C21H22ClNO3S. The number of carboxylic acids is 1. The van der Waals surface area contributed by atoms with Crippen LogP contribution in [0, 0.1) is 18.8 Å². The number of nitrogens with zero attached hydrogens (tertiary/aromatic N) is 1. The quantitative estimate of drug-likeness (QED) is 0.528. The van der Waals surface area contributed by atoms with Crippen molar-refractivity contribution in [2.45, 2.75) is 25.7 Å². The van der Waals surface area contributed by atoms with Crippen LogP contribution >= 0.6 is 23.5 Å². The minimum absolute atomic E-state index is 0.403. The third kappa shape index (κ3) is 6.51. The van der Waals surface area contributed by atoms with Gasteiger partial charge in [0.2, 0.25) is 0 Å². The molecule has 0 aliphatic heterocycles. The lowest BCUT2D eigenvalue weighted by Crippen LogP contribution is -2.13. The molecule has 0 aromatic heterocycles. The normalized spacial score (nSPS) is 10.4. The fraction of sp³-hybridized carbons (Fsp3) is 0.286. The van der Waals surface area contributed by atoms with Gasteiger partial charge in [-0.05, 0) is 54.8 Å². The van der Waals surface area contributed by atoms with E-state index in [-0.39, 0.29) is 0 Å². The van der Waals surface area contributed by atoms with E-state index in [2.05, 4.69) is 48.2 Å². The fourth-order valence-corrected chi connectivity index (χ4v) is 3.32. The van der Waals surface area contributed by atoms with E-state index < -0.39 is 12.6 Å². The number of rotatable bonds is 7. The zero-order valence-corrected chi connectivity index (χ0v) is 17.2. The predicted molar refractivity (Wildman–Crippen MR) is 111 cm³/mol. The second-order valence-electron chi connectivity index (χ2n) is 5.76. The molecule has 27 heavy (non-hydrogen) atoms. The number of hydrogen-bond acceptors (Lipinski definition) is 4. The third-order valence-electron chi connectivity index (χ3n) is 3.77. The van der Waals surface area contributed by atoms with E-state index in [0.29, 0.717) is 16.3 Å². The summed E-state index contributed by atoms with van der Waals surface area (Å²) >= 11 is 7.76. The first-order chi connectivity index (χ1) is 12.9. The zero-order valence-electron chi connectivity index (χ0n) is 15.6. The Kier molecular flexibility index (Phi) is 8.05. The highest BCUT2D eigenvalue weighted by molar-refractivity contribution is 7.97. The van der Waals surface area contributed by atoms with Crippen molar-refractivity contribution < 1.29 is 14.6 Å². The lowest BCUT2D eigenvalue weighted by atomic mass is 10.1. The Bertz CT molecular complexity index is 869. The van der Waals surface area contributed by atoms with Crippen molar-refractivity contribution >= 4 is 29.5 Å². The van der Waals surface area contributed by atoms with Gasteiger partial charge in [-0.15, -0.1) is 0 Å². The highest BCUT2D eigenvalue weighted by Gasteiger charge is 2.07. The number of aryl methyl sites for hydroxylation is 1. The molecule has 0 atom stereocenters. The summed E-state index contributed by atoms with van der Waals surface area (Å²) in [5.41, 5.74) is 2.54. The van der Waals surface area contributed by atoms with Crippen LogP contribution in [0.5, 0.6) is 5.75 Å². The van der Waals surface area contributed by atoms with Crippen LogP contribution in [0.25, 0.3) is 0 Å². The maximum atomic E-state index is 10.8. The summed E-state index contributed by atoms with van der Waals surface area (Å²) in [6.07, 6.45) is 0. The molecule has 1 N–H and O–H groups in total. The average molecular weight is 404 g/mol. The largest absolute Gasteiger partial charge is 0.481 e. The standard InChI is InChI=1S/C21H22ClNO3S/c1-4-23(5-2)27-19-10-6-15(3)16(13-19)7-8-17-12-18(22)9-11-20(17)26-14-21(24)25/h6,9-13H,4-5,14H2,1-3H3,(H,24,25). The lowest BCUT2D eigenvalue weighted by Gasteiger charge is -2.16. The van der Waals surface area contributed by atoms with Crippen LogP contribution < -0.4 is 4.74 Å². The van der Waals surface area contributed by atoms with Crippen LogP contribution in [0.1, 0.15) is 30.5 Å². The molecule has 0 bridgehead atoms. The van der Waals surface area contributed by atoms with E-state index in [0.717, 1.165) is 29.1 Å². The topological polar surface area (TPSA) is 49.8 Å². The Balaban J connectivity index is 2.31. The Morgan fingerprint density at radius 3 is 2.52 bits per heavy atom. The molecule has 0 amide bonds. The summed E-state index contributed by atoms with van der Waals surface area (Å²) in [5.74, 6) is 5.60. The van der Waals surface area contributed by atoms with Crippen molar-refractivity contribution in [1.29, 1.82) is 0 Å². The molecule has 2 aromatic rings. The van der Waals surface area contributed by atoms with Gasteiger partial charge < -0.3 is 9.84 Å². The van der Waals surface area contributed by atoms with Gasteiger partial charge in [0.15, 0.2) is 6.61 Å². The van der Waals surface area contributed by atoms with Crippen molar-refractivity contribution in [3.8, 4) is 17.6 Å². The highest BCUT2D eigenvalue weighted by Crippen LogP contribution is 2.25. The minimum Gasteiger partial charge on any atom is -0.481 e. The van der Waals surface area contributed by atoms with Gasteiger partial charge in [-0.3, -0.25) is 0 Å². The predicted octanol–water partition coefficient (Wildman–Crippen LogP) is 4.86. The molecule has 6 heteroatoms. The number of halogens is 1. The van der Waals surface area contributed by atoms with Crippen molar-refractivity contribution in [1.82, 2.24) is 4.31 Å². The SMILES string of the molecule is CCN(CC)Sc1ccc(C)c(C#Cc2cc(Cl)ccc2OCC(=O)O)c1. The van der Waals surface area contributed by atoms with Crippen LogP contribution in [-0.4, -0.2) is 35.1 Å². The van der Waals surface area contributed by atoms with Crippen LogP contribution in [0.4, 0.5) is 0 Å². The van der Waals surface area contributed by atoms with E-state index in [1.807, 2.05) is 6.92 Å². The van der Waals surface area contributed by atoms with Crippen LogP contribution in [0.2, 0.25) is 5.02 Å². The van der Waals surface area contributed by atoms with Gasteiger partial charge in [-0.25, -0.2) is 9.10 Å². The van der Waals surface area contributed by atoms with Gasteiger partial charge in [0.05, 0.1) is 5.56 Å². The Morgan fingerprint density at radius 1 is 1.15 bits per heavy atom. The van der Waals surface area contributed by atoms with E-state index in [4.69, 9.17) is 21.4 Å². The van der Waals surface area contributed by atoms with E-state index >= 15 is 0 Å². The summed E-state index contributed by atoms with van der Waals surface area (Å²) in [6, 6.07) is 11.2. The number of ether oxygens (including phenoxy) is 1. The molecule has 0 saturated heterocycles. The Morgan fingerprint density at radius 2 is 1.85 bits per heavy atom. The summed E-state index contributed by atoms with van der Waals surface area (Å²) in [6.45, 7) is 7.76. The van der Waals surface area contributed by atoms with Crippen LogP contribution in [0.3, 0.4) is 0 Å². The smallest absolute Gasteiger partial charge is 0.341 e. The molecule has 2 rings (SSSR count). The molecule has 2 aromatic carbocycles. The molecule has 0 unspecified atom stereocenters. The van der Waals surface area contributed by atoms with Gasteiger partial charge in [0, 0.05) is 28.6 Å². The molecule has 0 saturated carbocycles. The van der Waals surface area contributed by atoms with Gasteiger partial charge in [0.1, 0.15) is 5.75 Å². The van der Waals surface area contributed by atoms with E-state index in [1.165, 1.54) is 0 Å². The maximum Gasteiger partial charge on any atom is 0.341 e. The number of carbonyl (C=O) groups is 1. The van der Waals surface area contributed by atoms with Gasteiger partial charge in [0.25, 0.3) is 0 Å². The maximum absolute atomic E-state index is 10.8. The van der Waals surface area contributed by atoms with Crippen molar-refractivity contribution in [3.63, 3.8) is 0 Å². The molecular weight excluding hydrogens is 382 g/mol. The summed E-state index contributed by atoms with van der Waals surface area (Å²) in [4.78, 5) is 11.9. The van der Waals surface area contributed by atoms with Gasteiger partial charge >= 0.3 is 5.97 Å². The summed E-state index contributed by atoms with van der Waals surface area (Å²) < 4.78 is 7.57. The lowest BCUT2D eigenvalue weighted by molar-refractivity contribution is -0.139. The molecule has 4 nitrogen and oxygen atoms in total. The Labute approximate surface area is 169 Å². The van der Waals surface area contributed by atoms with Gasteiger partial charge in [-0.1, -0.05) is 43.4 Å². The van der Waals surface area contributed by atoms with Gasteiger partial charge in [-0.2, -0.15) is 0 Å². The monoisotopic (exact) mass is 403 g/mol. The zero-order chi connectivity index (χ0) is 19.8. The minimum atomic E-state index is -1.04. The summed E-state index contributed by atoms with van der Waals surface area (Å²) in [5, 5.41) is 9.33. The Hall–Kier alpha value is -2.13. The van der Waals surface area contributed by atoms with Crippen molar-refractivity contribution in [2.75, 3.05) is 19.7 Å². The molecule has 0 radical (unpaired) electrons. The number of benzene rings is 2.